The monoisotopic (exact) mass is 260 g/mol. The molecule has 2 aliphatic rings. The Morgan fingerprint density at radius 1 is 1.16 bits per heavy atom. The molecule has 0 saturated heterocycles. The number of carbonyl (C=O) groups is 1. The Morgan fingerprint density at radius 3 is 2.32 bits per heavy atom. The highest BCUT2D eigenvalue weighted by Gasteiger charge is 2.30. The van der Waals surface area contributed by atoms with Crippen molar-refractivity contribution < 1.29 is 4.79 Å². The Morgan fingerprint density at radius 2 is 1.79 bits per heavy atom. The van der Waals surface area contributed by atoms with E-state index in [0.29, 0.717) is 11.7 Å². The van der Waals surface area contributed by atoms with E-state index in [1.807, 2.05) is 20.8 Å². The molecule has 1 nitrogen and oxygen atoms in total. The van der Waals surface area contributed by atoms with Crippen molar-refractivity contribution >= 4 is 5.78 Å². The van der Waals surface area contributed by atoms with Gasteiger partial charge in [-0.3, -0.25) is 4.79 Å². The van der Waals surface area contributed by atoms with Gasteiger partial charge in [-0.2, -0.15) is 0 Å². The maximum Gasteiger partial charge on any atom is 0.164 e. The minimum absolute atomic E-state index is 0.254. The predicted octanol–water partition coefficient (Wildman–Crippen LogP) is 5.07. The van der Waals surface area contributed by atoms with Crippen molar-refractivity contribution in [2.45, 2.75) is 66.2 Å². The van der Waals surface area contributed by atoms with Crippen LogP contribution in [0.4, 0.5) is 0 Å². The number of hydrogen-bond donors (Lipinski definition) is 0. The molecule has 19 heavy (non-hydrogen) atoms. The molecule has 2 rings (SSSR count). The van der Waals surface area contributed by atoms with Gasteiger partial charge in [0.2, 0.25) is 0 Å². The number of rotatable bonds is 2. The lowest BCUT2D eigenvalue weighted by Gasteiger charge is -2.30. The van der Waals surface area contributed by atoms with Crippen LogP contribution in [0.5, 0.6) is 0 Å². The van der Waals surface area contributed by atoms with Crippen LogP contribution in [-0.2, 0) is 4.79 Å². The van der Waals surface area contributed by atoms with E-state index < -0.39 is 0 Å². The highest BCUT2D eigenvalue weighted by molar-refractivity contribution is 6.00. The van der Waals surface area contributed by atoms with Crippen LogP contribution in [0.25, 0.3) is 0 Å². The van der Waals surface area contributed by atoms with Gasteiger partial charge in [0.1, 0.15) is 0 Å². The Kier molecular flexibility index (Phi) is 4.32. The number of carbonyl (C=O) groups excluding carboxylic acids is 1. The van der Waals surface area contributed by atoms with E-state index in [2.05, 4.69) is 19.1 Å². The third-order valence-corrected chi connectivity index (χ3v) is 4.59. The van der Waals surface area contributed by atoms with Crippen molar-refractivity contribution in [2.75, 3.05) is 0 Å². The van der Waals surface area contributed by atoms with E-state index in [1.54, 1.807) is 5.57 Å². The summed E-state index contributed by atoms with van der Waals surface area (Å²) in [5.41, 5.74) is 2.38. The van der Waals surface area contributed by atoms with Crippen LogP contribution in [0.1, 0.15) is 66.2 Å². The second kappa shape index (κ2) is 5.64. The van der Waals surface area contributed by atoms with E-state index in [-0.39, 0.29) is 5.41 Å². The van der Waals surface area contributed by atoms with Crippen LogP contribution < -0.4 is 0 Å². The first kappa shape index (κ1) is 14.6. The molecular weight excluding hydrogens is 232 g/mol. The summed E-state index contributed by atoms with van der Waals surface area (Å²) >= 11 is 0. The lowest BCUT2D eigenvalue weighted by Crippen LogP contribution is -2.26. The van der Waals surface area contributed by atoms with E-state index in [9.17, 15) is 4.79 Å². The fraction of sp³-hybridized carbons (Fsp3) is 0.722. The van der Waals surface area contributed by atoms with Crippen LogP contribution in [-0.4, -0.2) is 5.78 Å². The zero-order valence-electron chi connectivity index (χ0n) is 13.0. The summed E-state index contributed by atoms with van der Waals surface area (Å²) in [5.74, 6) is 1.41. The summed E-state index contributed by atoms with van der Waals surface area (Å²) < 4.78 is 0. The molecule has 0 bridgehead atoms. The number of ketones is 1. The van der Waals surface area contributed by atoms with Gasteiger partial charge >= 0.3 is 0 Å². The fourth-order valence-electron chi connectivity index (χ4n) is 3.40. The highest BCUT2D eigenvalue weighted by Crippen LogP contribution is 2.37. The smallest absolute Gasteiger partial charge is 0.164 e. The minimum atomic E-state index is -0.254. The van der Waals surface area contributed by atoms with E-state index in [1.165, 1.54) is 32.1 Å². The van der Waals surface area contributed by atoms with Crippen molar-refractivity contribution in [1.82, 2.24) is 0 Å². The molecular formula is C18H28O. The molecule has 2 aliphatic carbocycles. The molecule has 1 atom stereocenters. The number of hydrogen-bond acceptors (Lipinski definition) is 1. The van der Waals surface area contributed by atoms with E-state index >= 15 is 0 Å². The summed E-state index contributed by atoms with van der Waals surface area (Å²) in [6, 6.07) is 0. The summed E-state index contributed by atoms with van der Waals surface area (Å²) in [5, 5.41) is 0. The van der Waals surface area contributed by atoms with Crippen LogP contribution in [0.2, 0.25) is 0 Å². The molecule has 0 aromatic rings. The molecule has 1 heteroatoms. The Bertz CT molecular complexity index is 400. The van der Waals surface area contributed by atoms with Gasteiger partial charge in [0.15, 0.2) is 5.78 Å². The summed E-state index contributed by atoms with van der Waals surface area (Å²) in [6.45, 7) is 8.23. The minimum Gasteiger partial charge on any atom is -0.294 e. The van der Waals surface area contributed by atoms with Crippen LogP contribution >= 0.6 is 0 Å². The van der Waals surface area contributed by atoms with Crippen LogP contribution in [0, 0.1) is 17.3 Å². The van der Waals surface area contributed by atoms with Crippen molar-refractivity contribution in [3.05, 3.63) is 23.3 Å². The second-order valence-electron chi connectivity index (χ2n) is 7.31. The van der Waals surface area contributed by atoms with Gasteiger partial charge in [0.25, 0.3) is 0 Å². The van der Waals surface area contributed by atoms with Gasteiger partial charge in [-0.05, 0) is 30.8 Å². The summed E-state index contributed by atoms with van der Waals surface area (Å²) in [4.78, 5) is 12.4. The van der Waals surface area contributed by atoms with Gasteiger partial charge in [-0.15, -0.1) is 0 Å². The van der Waals surface area contributed by atoms with Crippen LogP contribution in [0.3, 0.4) is 0 Å². The normalized spacial score (nSPS) is 25.8. The Balaban J connectivity index is 2.07. The summed E-state index contributed by atoms with van der Waals surface area (Å²) in [6.07, 6.45) is 12.5. The Labute approximate surface area is 118 Å². The SMILES string of the molecule is CC1C=C(C2CCCCC2)CC=C1C(=O)C(C)(C)C. The average Bonchev–Trinajstić information content (AvgIpc) is 2.38. The largest absolute Gasteiger partial charge is 0.294 e. The molecule has 0 radical (unpaired) electrons. The molecule has 106 valence electrons. The fourth-order valence-corrected chi connectivity index (χ4v) is 3.40. The van der Waals surface area contributed by atoms with Crippen molar-refractivity contribution in [3.63, 3.8) is 0 Å². The maximum atomic E-state index is 12.4. The molecule has 0 heterocycles. The summed E-state index contributed by atoms with van der Waals surface area (Å²) in [7, 11) is 0. The molecule has 1 fully saturated rings. The first-order valence-corrected chi connectivity index (χ1v) is 7.85. The molecule has 0 aromatic heterocycles. The molecule has 1 saturated carbocycles. The third-order valence-electron chi connectivity index (χ3n) is 4.59. The predicted molar refractivity (Wildman–Crippen MR) is 81.0 cm³/mol. The molecule has 0 aliphatic heterocycles. The standard InChI is InChI=1S/C18H28O/c1-13-12-15(14-8-6-5-7-9-14)10-11-16(13)17(19)18(2,3)4/h11-14H,5-10H2,1-4H3. The molecule has 0 N–H and O–H groups in total. The van der Waals surface area contributed by atoms with Gasteiger partial charge in [0, 0.05) is 11.3 Å². The van der Waals surface area contributed by atoms with Gasteiger partial charge in [0.05, 0.1) is 0 Å². The molecule has 0 amide bonds. The lowest BCUT2D eigenvalue weighted by atomic mass is 9.74. The number of Topliss-reactive ketones (excluding diaryl/α,β-unsaturated/α-hetero) is 1. The number of allylic oxidation sites excluding steroid dienone is 4. The van der Waals surface area contributed by atoms with E-state index in [4.69, 9.17) is 0 Å². The van der Waals surface area contributed by atoms with Gasteiger partial charge in [-0.25, -0.2) is 0 Å². The average molecular weight is 260 g/mol. The van der Waals surface area contributed by atoms with Gasteiger partial charge < -0.3 is 0 Å². The maximum absolute atomic E-state index is 12.4. The zero-order chi connectivity index (χ0) is 14.0. The topological polar surface area (TPSA) is 17.1 Å². The molecule has 1 unspecified atom stereocenters. The van der Waals surface area contributed by atoms with Crippen molar-refractivity contribution in [2.24, 2.45) is 17.3 Å². The quantitative estimate of drug-likeness (QED) is 0.633. The second-order valence-corrected chi connectivity index (χ2v) is 7.31. The first-order chi connectivity index (χ1) is 8.89. The third kappa shape index (κ3) is 3.38. The first-order valence-electron chi connectivity index (χ1n) is 7.85. The highest BCUT2D eigenvalue weighted by atomic mass is 16.1. The molecule has 0 aromatic carbocycles. The van der Waals surface area contributed by atoms with Crippen LogP contribution in [0.15, 0.2) is 23.3 Å². The van der Waals surface area contributed by atoms with E-state index in [0.717, 1.165) is 17.9 Å². The molecule has 0 spiro atoms. The van der Waals surface area contributed by atoms with Gasteiger partial charge in [-0.1, -0.05) is 64.7 Å². The lowest BCUT2D eigenvalue weighted by molar-refractivity contribution is -0.122. The van der Waals surface area contributed by atoms with Crippen molar-refractivity contribution in [1.29, 1.82) is 0 Å². The van der Waals surface area contributed by atoms with Crippen molar-refractivity contribution in [3.8, 4) is 0 Å². The zero-order valence-corrected chi connectivity index (χ0v) is 13.0. The Hall–Kier alpha value is -0.850.